The molecule has 1 aliphatic heterocycles. The minimum absolute atomic E-state index is 0.0346. The number of hydrogen-bond acceptors (Lipinski definition) is 4. The van der Waals surface area contributed by atoms with E-state index in [0.29, 0.717) is 6.54 Å². The summed E-state index contributed by atoms with van der Waals surface area (Å²) in [6.07, 6.45) is 2.76. The Morgan fingerprint density at radius 1 is 1.20 bits per heavy atom. The van der Waals surface area contributed by atoms with Gasteiger partial charge in [0.2, 0.25) is 12.7 Å². The molecule has 0 bridgehead atoms. The van der Waals surface area contributed by atoms with Gasteiger partial charge < -0.3 is 19.9 Å². The fourth-order valence-electron chi connectivity index (χ4n) is 2.72. The average molecular weight is 277 g/mol. The van der Waals surface area contributed by atoms with Crippen molar-refractivity contribution in [1.82, 2.24) is 5.32 Å². The zero-order valence-corrected chi connectivity index (χ0v) is 11.3. The van der Waals surface area contributed by atoms with Crippen molar-refractivity contribution in [3.8, 4) is 11.5 Å². The quantitative estimate of drug-likeness (QED) is 0.880. The van der Waals surface area contributed by atoms with E-state index in [0.717, 1.165) is 42.7 Å². The lowest BCUT2D eigenvalue weighted by molar-refractivity contribution is -0.126. The van der Waals surface area contributed by atoms with Crippen molar-refractivity contribution >= 4 is 5.91 Å². The maximum atomic E-state index is 12.1. The molecular weight excluding hydrogens is 258 g/mol. The number of carbonyl (C=O) groups excluding carboxylic acids is 1. The standard InChI is InChI=1S/C15H19NO4/c17-12-4-2-11(3-5-12)15(18)16-8-10-1-6-13-14(7-10)20-9-19-13/h1,6-7,11-12,17H,2-5,8-9H2,(H,16,18). The Labute approximate surface area is 117 Å². The molecule has 3 rings (SSSR count). The molecule has 2 N–H and O–H groups in total. The molecule has 2 aliphatic rings. The van der Waals surface area contributed by atoms with E-state index in [-0.39, 0.29) is 24.7 Å². The number of aliphatic hydroxyl groups excluding tert-OH is 1. The second kappa shape index (κ2) is 5.71. The van der Waals surface area contributed by atoms with E-state index in [1.54, 1.807) is 0 Å². The lowest BCUT2D eigenvalue weighted by Gasteiger charge is -2.24. The predicted molar refractivity (Wildman–Crippen MR) is 72.4 cm³/mol. The first-order chi connectivity index (χ1) is 9.72. The van der Waals surface area contributed by atoms with E-state index < -0.39 is 0 Å². The van der Waals surface area contributed by atoms with Crippen LogP contribution in [-0.4, -0.2) is 23.9 Å². The van der Waals surface area contributed by atoms with Gasteiger partial charge in [0.1, 0.15) is 0 Å². The SMILES string of the molecule is O=C(NCc1ccc2c(c1)OCO2)C1CCC(O)CC1. The molecule has 0 spiro atoms. The normalized spacial score (nSPS) is 24.4. The van der Waals surface area contributed by atoms with Gasteiger partial charge >= 0.3 is 0 Å². The van der Waals surface area contributed by atoms with Gasteiger partial charge in [-0.15, -0.1) is 0 Å². The average Bonchev–Trinajstić information content (AvgIpc) is 2.93. The first-order valence-corrected chi connectivity index (χ1v) is 7.06. The van der Waals surface area contributed by atoms with Crippen molar-refractivity contribution in [2.45, 2.75) is 38.3 Å². The van der Waals surface area contributed by atoms with Crippen LogP contribution in [0.1, 0.15) is 31.2 Å². The highest BCUT2D eigenvalue weighted by Crippen LogP contribution is 2.32. The van der Waals surface area contributed by atoms with Crippen LogP contribution in [0.5, 0.6) is 11.5 Å². The lowest BCUT2D eigenvalue weighted by Crippen LogP contribution is -2.33. The van der Waals surface area contributed by atoms with Crippen LogP contribution in [0, 0.1) is 5.92 Å². The molecule has 1 amide bonds. The number of amides is 1. The fourth-order valence-corrected chi connectivity index (χ4v) is 2.72. The monoisotopic (exact) mass is 277 g/mol. The third kappa shape index (κ3) is 2.88. The van der Waals surface area contributed by atoms with E-state index in [4.69, 9.17) is 9.47 Å². The van der Waals surface area contributed by atoms with Crippen LogP contribution in [0.25, 0.3) is 0 Å². The van der Waals surface area contributed by atoms with Gasteiger partial charge in [0.05, 0.1) is 6.10 Å². The maximum Gasteiger partial charge on any atom is 0.231 e. The molecule has 0 radical (unpaired) electrons. The van der Waals surface area contributed by atoms with Gasteiger partial charge in [0, 0.05) is 12.5 Å². The number of fused-ring (bicyclic) bond motifs is 1. The van der Waals surface area contributed by atoms with Crippen molar-refractivity contribution in [3.05, 3.63) is 23.8 Å². The van der Waals surface area contributed by atoms with Crippen LogP contribution in [0.2, 0.25) is 0 Å². The summed E-state index contributed by atoms with van der Waals surface area (Å²) in [5.41, 5.74) is 0.999. The summed E-state index contributed by atoms with van der Waals surface area (Å²) < 4.78 is 10.6. The first kappa shape index (κ1) is 13.2. The molecular formula is C15H19NO4. The van der Waals surface area contributed by atoms with Crippen LogP contribution in [-0.2, 0) is 11.3 Å². The Hall–Kier alpha value is -1.75. The van der Waals surface area contributed by atoms with E-state index in [1.807, 2.05) is 18.2 Å². The Bertz CT molecular complexity index is 495. The zero-order valence-electron chi connectivity index (χ0n) is 11.3. The molecule has 1 fully saturated rings. The number of nitrogens with one attached hydrogen (secondary N) is 1. The number of rotatable bonds is 3. The smallest absolute Gasteiger partial charge is 0.231 e. The molecule has 1 saturated carbocycles. The Morgan fingerprint density at radius 2 is 1.95 bits per heavy atom. The zero-order chi connectivity index (χ0) is 13.9. The highest BCUT2D eigenvalue weighted by Gasteiger charge is 2.25. The topological polar surface area (TPSA) is 67.8 Å². The minimum Gasteiger partial charge on any atom is -0.454 e. The van der Waals surface area contributed by atoms with Gasteiger partial charge in [0.25, 0.3) is 0 Å². The van der Waals surface area contributed by atoms with Crippen LogP contribution in [0.4, 0.5) is 0 Å². The van der Waals surface area contributed by atoms with Gasteiger partial charge in [-0.1, -0.05) is 6.07 Å². The Morgan fingerprint density at radius 3 is 2.75 bits per heavy atom. The summed E-state index contributed by atoms with van der Waals surface area (Å²) in [6, 6.07) is 5.69. The summed E-state index contributed by atoms with van der Waals surface area (Å²) in [5, 5.41) is 12.4. The van der Waals surface area contributed by atoms with Crippen molar-refractivity contribution in [2.24, 2.45) is 5.92 Å². The van der Waals surface area contributed by atoms with Gasteiger partial charge in [-0.3, -0.25) is 4.79 Å². The molecule has 0 aromatic heterocycles. The molecule has 0 saturated heterocycles. The molecule has 20 heavy (non-hydrogen) atoms. The molecule has 5 heteroatoms. The fraction of sp³-hybridized carbons (Fsp3) is 0.533. The van der Waals surface area contributed by atoms with E-state index in [9.17, 15) is 9.90 Å². The third-order valence-electron chi connectivity index (χ3n) is 3.97. The van der Waals surface area contributed by atoms with Crippen molar-refractivity contribution in [1.29, 1.82) is 0 Å². The summed E-state index contributed by atoms with van der Waals surface area (Å²) >= 11 is 0. The Kier molecular flexibility index (Phi) is 3.78. The highest BCUT2D eigenvalue weighted by molar-refractivity contribution is 5.78. The minimum atomic E-state index is -0.229. The molecule has 1 aliphatic carbocycles. The lowest BCUT2D eigenvalue weighted by atomic mass is 9.87. The number of carbonyl (C=O) groups is 1. The molecule has 1 aromatic rings. The molecule has 5 nitrogen and oxygen atoms in total. The number of ether oxygens (including phenoxy) is 2. The summed E-state index contributed by atoms with van der Waals surface area (Å²) in [6.45, 7) is 0.754. The van der Waals surface area contributed by atoms with Crippen molar-refractivity contribution < 1.29 is 19.4 Å². The number of benzene rings is 1. The van der Waals surface area contributed by atoms with Crippen LogP contribution in [0.3, 0.4) is 0 Å². The van der Waals surface area contributed by atoms with Gasteiger partial charge in [-0.2, -0.15) is 0 Å². The van der Waals surface area contributed by atoms with E-state index in [2.05, 4.69) is 5.32 Å². The first-order valence-electron chi connectivity index (χ1n) is 7.06. The second-order valence-corrected chi connectivity index (χ2v) is 5.41. The van der Waals surface area contributed by atoms with Crippen LogP contribution < -0.4 is 14.8 Å². The maximum absolute atomic E-state index is 12.1. The Balaban J connectivity index is 1.53. The molecule has 108 valence electrons. The summed E-state index contributed by atoms with van der Waals surface area (Å²) in [7, 11) is 0. The van der Waals surface area contributed by atoms with Gasteiger partial charge in [-0.05, 0) is 43.4 Å². The molecule has 1 heterocycles. The van der Waals surface area contributed by atoms with Crippen LogP contribution in [0.15, 0.2) is 18.2 Å². The van der Waals surface area contributed by atoms with Crippen molar-refractivity contribution in [2.75, 3.05) is 6.79 Å². The largest absolute Gasteiger partial charge is 0.454 e. The van der Waals surface area contributed by atoms with Gasteiger partial charge in [0.15, 0.2) is 11.5 Å². The van der Waals surface area contributed by atoms with E-state index in [1.165, 1.54) is 0 Å². The summed E-state index contributed by atoms with van der Waals surface area (Å²) in [5.74, 6) is 1.60. The predicted octanol–water partition coefficient (Wildman–Crippen LogP) is 1.58. The summed E-state index contributed by atoms with van der Waals surface area (Å²) in [4.78, 5) is 12.1. The molecule has 1 aromatic carbocycles. The highest BCUT2D eigenvalue weighted by atomic mass is 16.7. The van der Waals surface area contributed by atoms with Crippen molar-refractivity contribution in [3.63, 3.8) is 0 Å². The molecule has 0 unspecified atom stereocenters. The molecule has 0 atom stereocenters. The van der Waals surface area contributed by atoms with Gasteiger partial charge in [-0.25, -0.2) is 0 Å². The number of hydrogen-bond donors (Lipinski definition) is 2. The van der Waals surface area contributed by atoms with Crippen LogP contribution >= 0.6 is 0 Å². The number of aliphatic hydroxyl groups is 1. The third-order valence-corrected chi connectivity index (χ3v) is 3.97. The van der Waals surface area contributed by atoms with E-state index >= 15 is 0 Å². The second-order valence-electron chi connectivity index (χ2n) is 5.41.